The number of nitrogens with zero attached hydrogens (tertiary/aromatic N) is 1. The van der Waals surface area contributed by atoms with Crippen LogP contribution in [0, 0.1) is 0 Å². The molecule has 0 aromatic heterocycles. The summed E-state index contributed by atoms with van der Waals surface area (Å²) < 4.78 is 0. The summed E-state index contributed by atoms with van der Waals surface area (Å²) in [4.78, 5) is 4.85. The second-order valence-corrected chi connectivity index (χ2v) is 6.73. The van der Waals surface area contributed by atoms with Gasteiger partial charge in [-0.15, -0.1) is 0 Å². The second-order valence-electron chi connectivity index (χ2n) is 4.85. The predicted molar refractivity (Wildman–Crippen MR) is 76.7 cm³/mol. The van der Waals surface area contributed by atoms with Gasteiger partial charge in [0.05, 0.1) is 6.04 Å². The van der Waals surface area contributed by atoms with E-state index in [0.717, 1.165) is 12.2 Å². The Morgan fingerprint density at radius 2 is 2.25 bits per heavy atom. The molecule has 0 amide bonds. The minimum absolute atomic E-state index is 0.418. The maximum absolute atomic E-state index is 4.85. The molecule has 2 aliphatic rings. The highest BCUT2D eigenvalue weighted by Gasteiger charge is 2.39. The third-order valence-corrected chi connectivity index (χ3v) is 5.44. The van der Waals surface area contributed by atoms with Gasteiger partial charge in [0.1, 0.15) is 0 Å². The summed E-state index contributed by atoms with van der Waals surface area (Å²) in [6.45, 7) is 2.23. The molecular weight excluding hydrogens is 236 g/mol. The largest absolute Gasteiger partial charge is 0.359 e. The molecule has 2 nitrogen and oxygen atoms in total. The van der Waals surface area contributed by atoms with Gasteiger partial charge in [-0.3, -0.25) is 4.99 Å². The molecule has 4 heteroatoms. The smallest absolute Gasteiger partial charge is 0.157 e. The Bertz CT molecular complexity index is 260. The highest BCUT2D eigenvalue weighted by Crippen LogP contribution is 2.37. The Morgan fingerprint density at radius 1 is 1.50 bits per heavy atom. The number of nitrogens with one attached hydrogen (secondary N) is 1. The first-order chi connectivity index (χ1) is 7.78. The van der Waals surface area contributed by atoms with Crippen LogP contribution in [0.1, 0.15) is 39.0 Å². The average Bonchev–Trinajstić information content (AvgIpc) is 2.90. The molecule has 1 atom stereocenters. The summed E-state index contributed by atoms with van der Waals surface area (Å²) >= 11 is 3.83. The topological polar surface area (TPSA) is 24.4 Å². The first-order valence-corrected chi connectivity index (χ1v) is 8.64. The molecule has 2 rings (SSSR count). The normalized spacial score (nSPS) is 27.5. The SMILES string of the molecule is CCC(CSC)N=C1NC2(CCCC2)CS1. The van der Waals surface area contributed by atoms with Crippen LogP contribution in [0.4, 0.5) is 0 Å². The van der Waals surface area contributed by atoms with Crippen LogP contribution < -0.4 is 5.32 Å². The molecule has 1 saturated heterocycles. The van der Waals surface area contributed by atoms with Gasteiger partial charge in [0, 0.05) is 17.0 Å². The summed E-state index contributed by atoms with van der Waals surface area (Å²) in [6, 6.07) is 0.501. The maximum atomic E-state index is 4.85. The Hall–Kier alpha value is 0.170. The van der Waals surface area contributed by atoms with Crippen molar-refractivity contribution in [1.82, 2.24) is 5.32 Å². The fraction of sp³-hybridized carbons (Fsp3) is 0.917. The lowest BCUT2D eigenvalue weighted by Gasteiger charge is -2.22. The molecule has 1 unspecified atom stereocenters. The van der Waals surface area contributed by atoms with Crippen LogP contribution in [0.5, 0.6) is 0 Å². The molecule has 1 aliphatic heterocycles. The van der Waals surface area contributed by atoms with Gasteiger partial charge in [-0.05, 0) is 25.5 Å². The Kier molecular flexibility index (Phi) is 4.48. The van der Waals surface area contributed by atoms with Crippen molar-refractivity contribution in [2.24, 2.45) is 4.99 Å². The molecule has 0 aromatic rings. The lowest BCUT2D eigenvalue weighted by atomic mass is 10.0. The standard InChI is InChI=1S/C12H22N2S2/c1-3-10(8-15-2)13-11-14-12(9-16-11)6-4-5-7-12/h10H,3-9H2,1-2H3,(H,13,14). The van der Waals surface area contributed by atoms with Gasteiger partial charge >= 0.3 is 0 Å². The Labute approximate surface area is 107 Å². The van der Waals surface area contributed by atoms with Crippen LogP contribution in [-0.4, -0.2) is 34.5 Å². The van der Waals surface area contributed by atoms with Crippen LogP contribution in [0.2, 0.25) is 0 Å². The molecule has 92 valence electrons. The molecule has 1 N–H and O–H groups in total. The highest BCUT2D eigenvalue weighted by atomic mass is 32.2. The van der Waals surface area contributed by atoms with Crippen molar-refractivity contribution in [2.75, 3.05) is 17.8 Å². The number of hydrogen-bond donors (Lipinski definition) is 1. The maximum Gasteiger partial charge on any atom is 0.157 e. The van der Waals surface area contributed by atoms with Gasteiger partial charge < -0.3 is 5.32 Å². The summed E-state index contributed by atoms with van der Waals surface area (Å²) in [7, 11) is 0. The summed E-state index contributed by atoms with van der Waals surface area (Å²) in [5, 5.41) is 4.90. The summed E-state index contributed by atoms with van der Waals surface area (Å²) in [5.74, 6) is 2.39. The number of amidine groups is 1. The van der Waals surface area contributed by atoms with Gasteiger partial charge in [-0.2, -0.15) is 11.8 Å². The van der Waals surface area contributed by atoms with E-state index in [9.17, 15) is 0 Å². The van der Waals surface area contributed by atoms with Gasteiger partial charge in [0.15, 0.2) is 5.17 Å². The number of rotatable bonds is 4. The van der Waals surface area contributed by atoms with E-state index < -0.39 is 0 Å². The first kappa shape index (κ1) is 12.6. The molecule has 1 saturated carbocycles. The average molecular weight is 258 g/mol. The van der Waals surface area contributed by atoms with Crippen molar-refractivity contribution in [2.45, 2.75) is 50.6 Å². The quantitative estimate of drug-likeness (QED) is 0.838. The molecule has 16 heavy (non-hydrogen) atoms. The van der Waals surface area contributed by atoms with Gasteiger partial charge in [0.2, 0.25) is 0 Å². The van der Waals surface area contributed by atoms with E-state index in [-0.39, 0.29) is 0 Å². The zero-order chi connectivity index (χ0) is 11.4. The van der Waals surface area contributed by atoms with E-state index in [2.05, 4.69) is 18.5 Å². The van der Waals surface area contributed by atoms with Crippen molar-refractivity contribution >= 4 is 28.7 Å². The van der Waals surface area contributed by atoms with E-state index in [4.69, 9.17) is 4.99 Å². The van der Waals surface area contributed by atoms with Crippen LogP contribution >= 0.6 is 23.5 Å². The molecule has 0 bridgehead atoms. The van der Waals surface area contributed by atoms with Crippen LogP contribution in [0.25, 0.3) is 0 Å². The fourth-order valence-electron chi connectivity index (χ4n) is 2.50. The third kappa shape index (κ3) is 2.89. The third-order valence-electron chi connectivity index (χ3n) is 3.55. The monoisotopic (exact) mass is 258 g/mol. The fourth-order valence-corrected chi connectivity index (χ4v) is 4.48. The van der Waals surface area contributed by atoms with Crippen molar-refractivity contribution in [3.63, 3.8) is 0 Å². The molecule has 0 aromatic carbocycles. The summed E-state index contributed by atoms with van der Waals surface area (Å²) in [5.41, 5.74) is 0.418. The molecule has 2 fully saturated rings. The van der Waals surface area contributed by atoms with E-state index in [1.165, 1.54) is 36.6 Å². The zero-order valence-corrected chi connectivity index (χ0v) is 11.9. The highest BCUT2D eigenvalue weighted by molar-refractivity contribution is 8.14. The minimum Gasteiger partial charge on any atom is -0.359 e. The Balaban J connectivity index is 1.93. The van der Waals surface area contributed by atoms with E-state index >= 15 is 0 Å². The first-order valence-electron chi connectivity index (χ1n) is 6.26. The molecular formula is C12H22N2S2. The molecule has 1 aliphatic carbocycles. The predicted octanol–water partition coefficient (Wildman–Crippen LogP) is 3.13. The van der Waals surface area contributed by atoms with Crippen molar-refractivity contribution in [1.29, 1.82) is 0 Å². The van der Waals surface area contributed by atoms with Crippen molar-refractivity contribution < 1.29 is 0 Å². The van der Waals surface area contributed by atoms with E-state index in [1.54, 1.807) is 0 Å². The van der Waals surface area contributed by atoms with Gasteiger partial charge in [-0.1, -0.05) is 31.5 Å². The van der Waals surface area contributed by atoms with Gasteiger partial charge in [0.25, 0.3) is 0 Å². The summed E-state index contributed by atoms with van der Waals surface area (Å²) in [6.07, 6.45) is 8.79. The molecule has 0 radical (unpaired) electrons. The Morgan fingerprint density at radius 3 is 2.88 bits per heavy atom. The number of aliphatic imine (C=N–C) groups is 1. The lowest BCUT2D eigenvalue weighted by Crippen LogP contribution is -2.41. The minimum atomic E-state index is 0.418. The van der Waals surface area contributed by atoms with Gasteiger partial charge in [-0.25, -0.2) is 0 Å². The van der Waals surface area contributed by atoms with Crippen molar-refractivity contribution in [3.05, 3.63) is 0 Å². The van der Waals surface area contributed by atoms with E-state index in [0.29, 0.717) is 11.6 Å². The van der Waals surface area contributed by atoms with Crippen molar-refractivity contribution in [3.8, 4) is 0 Å². The molecule has 1 spiro atoms. The second kappa shape index (κ2) is 5.67. The number of thioether (sulfide) groups is 2. The lowest BCUT2D eigenvalue weighted by molar-refractivity contribution is 0.452. The van der Waals surface area contributed by atoms with E-state index in [1.807, 2.05) is 23.5 Å². The van der Waals surface area contributed by atoms with Crippen LogP contribution in [0.3, 0.4) is 0 Å². The number of hydrogen-bond acceptors (Lipinski definition) is 3. The molecule has 1 heterocycles. The zero-order valence-electron chi connectivity index (χ0n) is 10.3. The van der Waals surface area contributed by atoms with Crippen LogP contribution in [0.15, 0.2) is 4.99 Å². The van der Waals surface area contributed by atoms with Crippen LogP contribution in [-0.2, 0) is 0 Å².